The topological polar surface area (TPSA) is 59.4 Å². The number of halogens is 3. The number of carboxylic acid groups (broad SMARTS) is 1. The fourth-order valence-electron chi connectivity index (χ4n) is 3.50. The quantitative estimate of drug-likeness (QED) is 0.450. The van der Waals surface area contributed by atoms with E-state index in [-0.39, 0.29) is 12.5 Å². The first kappa shape index (κ1) is 23.3. The zero-order valence-electron chi connectivity index (χ0n) is 18.0. The van der Waals surface area contributed by atoms with E-state index in [1.54, 1.807) is 6.07 Å². The summed E-state index contributed by atoms with van der Waals surface area (Å²) in [5, 5.41) is 8.83. The van der Waals surface area contributed by atoms with Crippen LogP contribution in [-0.4, -0.2) is 16.1 Å². The SMILES string of the molecule is Cc1cc(CCC(=O)O)ccc1OC(C)c1ccc(-c2ccc(C(F)(F)F)cc2)nc1C. The van der Waals surface area contributed by atoms with Gasteiger partial charge in [-0.25, -0.2) is 0 Å². The number of hydrogen-bond donors (Lipinski definition) is 1. The number of aliphatic carboxylic acids is 1. The van der Waals surface area contributed by atoms with Gasteiger partial charge in [0.25, 0.3) is 0 Å². The molecule has 168 valence electrons. The summed E-state index contributed by atoms with van der Waals surface area (Å²) < 4.78 is 44.4. The van der Waals surface area contributed by atoms with Crippen molar-refractivity contribution in [2.24, 2.45) is 0 Å². The molecule has 1 unspecified atom stereocenters. The molecular weight excluding hydrogens is 419 g/mol. The highest BCUT2D eigenvalue weighted by atomic mass is 19.4. The lowest BCUT2D eigenvalue weighted by molar-refractivity contribution is -0.138. The van der Waals surface area contributed by atoms with Crippen LogP contribution in [0.2, 0.25) is 0 Å². The summed E-state index contributed by atoms with van der Waals surface area (Å²) in [6.45, 7) is 5.65. The lowest BCUT2D eigenvalue weighted by Gasteiger charge is -2.19. The van der Waals surface area contributed by atoms with E-state index in [4.69, 9.17) is 9.84 Å². The molecule has 0 saturated heterocycles. The van der Waals surface area contributed by atoms with Gasteiger partial charge >= 0.3 is 12.1 Å². The number of aryl methyl sites for hydroxylation is 3. The van der Waals surface area contributed by atoms with E-state index in [1.807, 2.05) is 45.0 Å². The molecule has 3 aromatic rings. The summed E-state index contributed by atoms with van der Waals surface area (Å²) in [6.07, 6.45) is -4.13. The maximum absolute atomic E-state index is 12.8. The standard InChI is InChI=1S/C25H24F3NO3/c1-15-14-18(5-13-24(30)31)4-12-23(15)32-17(3)21-10-11-22(29-16(21)2)19-6-8-20(9-7-19)25(26,27)28/h4,6-12,14,17H,5,13H2,1-3H3,(H,30,31). The minimum atomic E-state index is -4.37. The van der Waals surface area contributed by atoms with E-state index >= 15 is 0 Å². The molecule has 0 aliphatic carbocycles. The van der Waals surface area contributed by atoms with Crippen LogP contribution in [0.3, 0.4) is 0 Å². The second-order valence-electron chi connectivity index (χ2n) is 7.70. The number of alkyl halides is 3. The Morgan fingerprint density at radius 3 is 2.31 bits per heavy atom. The molecule has 0 aliphatic heterocycles. The van der Waals surface area contributed by atoms with Gasteiger partial charge in [0.15, 0.2) is 0 Å². The smallest absolute Gasteiger partial charge is 0.416 e. The molecule has 0 amide bonds. The molecule has 2 aromatic carbocycles. The van der Waals surface area contributed by atoms with Gasteiger partial charge in [-0.05, 0) is 62.6 Å². The molecule has 7 heteroatoms. The van der Waals surface area contributed by atoms with Crippen LogP contribution in [0.25, 0.3) is 11.3 Å². The van der Waals surface area contributed by atoms with Gasteiger partial charge in [0.05, 0.1) is 11.3 Å². The number of carboxylic acids is 1. The molecule has 0 bridgehead atoms. The molecule has 3 rings (SSSR count). The fraction of sp³-hybridized carbons (Fsp3) is 0.280. The first-order chi connectivity index (χ1) is 15.0. The van der Waals surface area contributed by atoms with Crippen LogP contribution in [0.4, 0.5) is 13.2 Å². The van der Waals surface area contributed by atoms with Gasteiger partial charge < -0.3 is 9.84 Å². The molecule has 0 aliphatic rings. The van der Waals surface area contributed by atoms with Crippen molar-refractivity contribution < 1.29 is 27.8 Å². The van der Waals surface area contributed by atoms with E-state index in [1.165, 1.54) is 12.1 Å². The van der Waals surface area contributed by atoms with Crippen molar-refractivity contribution in [3.05, 3.63) is 82.5 Å². The molecular formula is C25H24F3NO3. The Morgan fingerprint density at radius 2 is 1.75 bits per heavy atom. The van der Waals surface area contributed by atoms with E-state index in [9.17, 15) is 18.0 Å². The number of carbonyl (C=O) groups is 1. The molecule has 0 saturated carbocycles. The first-order valence-electron chi connectivity index (χ1n) is 10.2. The molecule has 0 radical (unpaired) electrons. The number of benzene rings is 2. The first-order valence-corrected chi connectivity index (χ1v) is 10.2. The van der Waals surface area contributed by atoms with Gasteiger partial charge in [0, 0.05) is 23.2 Å². The fourth-order valence-corrected chi connectivity index (χ4v) is 3.50. The predicted octanol–water partition coefficient (Wildman–Crippen LogP) is 6.54. The third kappa shape index (κ3) is 5.66. The van der Waals surface area contributed by atoms with Gasteiger partial charge in [0.1, 0.15) is 11.9 Å². The van der Waals surface area contributed by atoms with Gasteiger partial charge in [-0.1, -0.05) is 30.3 Å². The number of hydrogen-bond acceptors (Lipinski definition) is 3. The number of nitrogens with zero attached hydrogens (tertiary/aromatic N) is 1. The van der Waals surface area contributed by atoms with E-state index < -0.39 is 17.7 Å². The minimum absolute atomic E-state index is 0.0756. The summed E-state index contributed by atoms with van der Waals surface area (Å²) in [5.41, 5.74) is 3.94. The Morgan fingerprint density at radius 1 is 1.06 bits per heavy atom. The third-order valence-corrected chi connectivity index (χ3v) is 5.24. The Hall–Kier alpha value is -3.35. The monoisotopic (exact) mass is 443 g/mol. The van der Waals surface area contributed by atoms with Crippen LogP contribution < -0.4 is 4.74 Å². The molecule has 0 spiro atoms. The lowest BCUT2D eigenvalue weighted by atomic mass is 10.0. The van der Waals surface area contributed by atoms with E-state index in [0.29, 0.717) is 23.4 Å². The summed E-state index contributed by atoms with van der Waals surface area (Å²) in [4.78, 5) is 15.3. The Labute approximate surface area is 184 Å². The van der Waals surface area contributed by atoms with Crippen molar-refractivity contribution in [1.82, 2.24) is 4.98 Å². The van der Waals surface area contributed by atoms with Gasteiger partial charge in [-0.3, -0.25) is 9.78 Å². The van der Waals surface area contributed by atoms with Crippen LogP contribution in [-0.2, 0) is 17.4 Å². The van der Waals surface area contributed by atoms with Crippen molar-refractivity contribution in [2.45, 2.75) is 45.9 Å². The largest absolute Gasteiger partial charge is 0.486 e. The maximum Gasteiger partial charge on any atom is 0.416 e. The second-order valence-corrected chi connectivity index (χ2v) is 7.70. The van der Waals surface area contributed by atoms with Crippen molar-refractivity contribution in [3.63, 3.8) is 0 Å². The van der Waals surface area contributed by atoms with E-state index in [2.05, 4.69) is 4.98 Å². The van der Waals surface area contributed by atoms with Crippen molar-refractivity contribution in [2.75, 3.05) is 0 Å². The molecule has 1 N–H and O–H groups in total. The molecule has 32 heavy (non-hydrogen) atoms. The van der Waals surface area contributed by atoms with Gasteiger partial charge in [0.2, 0.25) is 0 Å². The number of aromatic nitrogens is 1. The van der Waals surface area contributed by atoms with Crippen LogP contribution in [0.15, 0.2) is 54.6 Å². The van der Waals surface area contributed by atoms with Gasteiger partial charge in [-0.2, -0.15) is 13.2 Å². The molecule has 4 nitrogen and oxygen atoms in total. The zero-order valence-corrected chi connectivity index (χ0v) is 18.0. The number of rotatable bonds is 7. The minimum Gasteiger partial charge on any atom is -0.486 e. The highest BCUT2D eigenvalue weighted by Gasteiger charge is 2.30. The Balaban J connectivity index is 1.74. The molecule has 1 atom stereocenters. The average Bonchev–Trinajstić information content (AvgIpc) is 2.73. The van der Waals surface area contributed by atoms with Crippen LogP contribution in [0.5, 0.6) is 5.75 Å². The Bertz CT molecular complexity index is 1110. The predicted molar refractivity (Wildman–Crippen MR) is 116 cm³/mol. The number of ether oxygens (including phenoxy) is 1. The highest BCUT2D eigenvalue weighted by Crippen LogP contribution is 2.32. The van der Waals surface area contributed by atoms with Crippen LogP contribution in [0, 0.1) is 13.8 Å². The summed E-state index contributed by atoms with van der Waals surface area (Å²) in [6, 6.07) is 14.2. The van der Waals surface area contributed by atoms with Crippen molar-refractivity contribution in [1.29, 1.82) is 0 Å². The highest BCUT2D eigenvalue weighted by molar-refractivity contribution is 5.67. The molecule has 1 heterocycles. The average molecular weight is 443 g/mol. The number of pyridine rings is 1. The van der Waals surface area contributed by atoms with Gasteiger partial charge in [-0.15, -0.1) is 0 Å². The normalized spacial score (nSPS) is 12.4. The summed E-state index contributed by atoms with van der Waals surface area (Å²) in [7, 11) is 0. The van der Waals surface area contributed by atoms with Crippen LogP contribution in [0.1, 0.15) is 47.4 Å². The van der Waals surface area contributed by atoms with Crippen molar-refractivity contribution in [3.8, 4) is 17.0 Å². The lowest BCUT2D eigenvalue weighted by Crippen LogP contribution is -2.08. The summed E-state index contributed by atoms with van der Waals surface area (Å²) >= 11 is 0. The van der Waals surface area contributed by atoms with Crippen LogP contribution >= 0.6 is 0 Å². The maximum atomic E-state index is 12.8. The Kier molecular flexibility index (Phi) is 6.87. The molecule has 1 aromatic heterocycles. The summed E-state index contributed by atoms with van der Waals surface area (Å²) in [5.74, 6) is -0.137. The van der Waals surface area contributed by atoms with Crippen molar-refractivity contribution >= 4 is 5.97 Å². The third-order valence-electron chi connectivity index (χ3n) is 5.24. The van der Waals surface area contributed by atoms with E-state index in [0.717, 1.165) is 34.5 Å². The zero-order chi connectivity index (χ0) is 23.5. The molecule has 0 fully saturated rings. The second kappa shape index (κ2) is 9.42.